The van der Waals surface area contributed by atoms with Gasteiger partial charge in [0.25, 0.3) is 0 Å². The molecule has 0 spiro atoms. The molecule has 0 aliphatic carbocycles. The molecule has 0 saturated carbocycles. The van der Waals surface area contributed by atoms with Crippen LogP contribution in [0.5, 0.6) is 0 Å². The van der Waals surface area contributed by atoms with E-state index in [1.54, 1.807) is 0 Å². The number of carbonyl (C=O) groups is 1. The average molecular weight is 158 g/mol. The van der Waals surface area contributed by atoms with Gasteiger partial charge in [0.05, 0.1) is 0 Å². The Morgan fingerprint density at radius 2 is 2.36 bits per heavy atom. The van der Waals surface area contributed by atoms with E-state index in [0.717, 1.165) is 19.5 Å². The van der Waals surface area contributed by atoms with E-state index in [-0.39, 0.29) is 0 Å². The van der Waals surface area contributed by atoms with Gasteiger partial charge >= 0.3 is 5.97 Å². The van der Waals surface area contributed by atoms with E-state index in [0.29, 0.717) is 12.3 Å². The maximum Gasteiger partial charge on any atom is 0.320 e. The second kappa shape index (κ2) is 3.69. The molecule has 1 rings (SSSR count). The first-order valence-corrected chi connectivity index (χ1v) is 3.89. The zero-order valence-electron chi connectivity index (χ0n) is 6.42. The molecule has 0 aromatic rings. The molecule has 4 N–H and O–H groups in total. The monoisotopic (exact) mass is 158 g/mol. The summed E-state index contributed by atoms with van der Waals surface area (Å²) in [6.45, 7) is 2.04. The van der Waals surface area contributed by atoms with Crippen LogP contribution < -0.4 is 11.1 Å². The topological polar surface area (TPSA) is 75.3 Å². The van der Waals surface area contributed by atoms with E-state index in [1.165, 1.54) is 0 Å². The summed E-state index contributed by atoms with van der Waals surface area (Å²) in [4.78, 5) is 10.3. The molecule has 0 amide bonds. The maximum absolute atomic E-state index is 10.3. The second-order valence-corrected chi connectivity index (χ2v) is 3.05. The van der Waals surface area contributed by atoms with Crippen LogP contribution in [0.4, 0.5) is 0 Å². The molecule has 0 aromatic heterocycles. The number of aliphatic carboxylic acids is 1. The van der Waals surface area contributed by atoms with E-state index >= 15 is 0 Å². The summed E-state index contributed by atoms with van der Waals surface area (Å²) < 4.78 is 0. The van der Waals surface area contributed by atoms with Crippen LogP contribution in [0.25, 0.3) is 0 Å². The first-order chi connectivity index (χ1) is 5.20. The number of hydrogen-bond acceptors (Lipinski definition) is 3. The lowest BCUT2D eigenvalue weighted by molar-refractivity contribution is -0.138. The molecule has 1 saturated heterocycles. The van der Waals surface area contributed by atoms with Gasteiger partial charge in [-0.3, -0.25) is 4.79 Å². The highest BCUT2D eigenvalue weighted by Gasteiger charge is 2.19. The highest BCUT2D eigenvalue weighted by atomic mass is 16.4. The molecule has 0 radical (unpaired) electrons. The SMILES string of the molecule is NC(CCC1CNC1)C(=O)O. The average Bonchev–Trinajstić information content (AvgIpc) is 1.83. The third-order valence-corrected chi connectivity index (χ3v) is 2.07. The van der Waals surface area contributed by atoms with Crippen LogP contribution in [0.2, 0.25) is 0 Å². The summed E-state index contributed by atoms with van der Waals surface area (Å²) in [5, 5.41) is 11.6. The van der Waals surface area contributed by atoms with Crippen LogP contribution in [0.15, 0.2) is 0 Å². The van der Waals surface area contributed by atoms with E-state index in [4.69, 9.17) is 10.8 Å². The third-order valence-electron chi connectivity index (χ3n) is 2.07. The summed E-state index contributed by atoms with van der Waals surface area (Å²) in [5.41, 5.74) is 5.32. The number of rotatable bonds is 4. The van der Waals surface area contributed by atoms with Gasteiger partial charge < -0.3 is 16.2 Å². The zero-order chi connectivity index (χ0) is 8.27. The van der Waals surface area contributed by atoms with Crippen LogP contribution >= 0.6 is 0 Å². The van der Waals surface area contributed by atoms with E-state index < -0.39 is 12.0 Å². The van der Waals surface area contributed by atoms with Crippen molar-refractivity contribution in [1.29, 1.82) is 0 Å². The number of carboxylic acid groups (broad SMARTS) is 1. The van der Waals surface area contributed by atoms with Gasteiger partial charge in [0.15, 0.2) is 0 Å². The minimum Gasteiger partial charge on any atom is -0.480 e. The molecule has 1 unspecified atom stereocenters. The summed E-state index contributed by atoms with van der Waals surface area (Å²) in [5.74, 6) is -0.238. The molecule has 0 aromatic carbocycles. The van der Waals surface area contributed by atoms with E-state index in [1.807, 2.05) is 0 Å². The minimum atomic E-state index is -0.891. The van der Waals surface area contributed by atoms with Crippen molar-refractivity contribution >= 4 is 5.97 Å². The Balaban J connectivity index is 2.05. The quantitative estimate of drug-likeness (QED) is 0.510. The molecule has 4 nitrogen and oxygen atoms in total. The molecule has 4 heteroatoms. The van der Waals surface area contributed by atoms with Crippen LogP contribution in [-0.4, -0.2) is 30.2 Å². The lowest BCUT2D eigenvalue weighted by atomic mass is 9.95. The molecule has 1 fully saturated rings. The molecule has 1 aliphatic heterocycles. The van der Waals surface area contributed by atoms with Crippen LogP contribution in [0, 0.1) is 5.92 Å². The number of hydrogen-bond donors (Lipinski definition) is 3. The highest BCUT2D eigenvalue weighted by molar-refractivity contribution is 5.72. The molecular weight excluding hydrogens is 144 g/mol. The molecular formula is C7H14N2O2. The predicted molar refractivity (Wildman–Crippen MR) is 41.2 cm³/mol. The van der Waals surface area contributed by atoms with Gasteiger partial charge in [0.1, 0.15) is 6.04 Å². The van der Waals surface area contributed by atoms with Gasteiger partial charge in [0, 0.05) is 0 Å². The fourth-order valence-electron chi connectivity index (χ4n) is 1.09. The van der Waals surface area contributed by atoms with Crippen molar-refractivity contribution in [2.75, 3.05) is 13.1 Å². The maximum atomic E-state index is 10.3. The number of nitrogens with one attached hydrogen (secondary N) is 1. The Bertz CT molecular complexity index is 145. The lowest BCUT2D eigenvalue weighted by Crippen LogP contribution is -2.43. The van der Waals surface area contributed by atoms with Crippen molar-refractivity contribution in [1.82, 2.24) is 5.32 Å². The van der Waals surface area contributed by atoms with Gasteiger partial charge in [-0.25, -0.2) is 0 Å². The Morgan fingerprint density at radius 3 is 2.73 bits per heavy atom. The summed E-state index contributed by atoms with van der Waals surface area (Å²) in [7, 11) is 0. The van der Waals surface area contributed by atoms with Gasteiger partial charge in [-0.2, -0.15) is 0 Å². The fourth-order valence-corrected chi connectivity index (χ4v) is 1.09. The fraction of sp³-hybridized carbons (Fsp3) is 0.857. The Hall–Kier alpha value is -0.610. The molecule has 1 aliphatic rings. The summed E-state index contributed by atoms with van der Waals surface area (Å²) >= 11 is 0. The Labute approximate surface area is 65.8 Å². The Kier molecular flexibility index (Phi) is 2.84. The first kappa shape index (κ1) is 8.49. The van der Waals surface area contributed by atoms with Crippen LogP contribution in [0.1, 0.15) is 12.8 Å². The van der Waals surface area contributed by atoms with Crippen molar-refractivity contribution in [3.05, 3.63) is 0 Å². The molecule has 1 heterocycles. The molecule has 1 atom stereocenters. The van der Waals surface area contributed by atoms with Gasteiger partial charge in [-0.15, -0.1) is 0 Å². The predicted octanol–water partition coefficient (Wildman–Crippen LogP) is -0.602. The smallest absolute Gasteiger partial charge is 0.320 e. The first-order valence-electron chi connectivity index (χ1n) is 3.89. The molecule has 64 valence electrons. The van der Waals surface area contributed by atoms with Crippen molar-refractivity contribution in [3.63, 3.8) is 0 Å². The normalized spacial score (nSPS) is 20.8. The largest absolute Gasteiger partial charge is 0.480 e. The lowest BCUT2D eigenvalue weighted by Gasteiger charge is -2.27. The molecule has 11 heavy (non-hydrogen) atoms. The Morgan fingerprint density at radius 1 is 1.73 bits per heavy atom. The van der Waals surface area contributed by atoms with Gasteiger partial charge in [-0.1, -0.05) is 0 Å². The van der Waals surface area contributed by atoms with E-state index in [9.17, 15) is 4.79 Å². The van der Waals surface area contributed by atoms with Gasteiger partial charge in [0.2, 0.25) is 0 Å². The zero-order valence-corrected chi connectivity index (χ0v) is 6.42. The molecule has 0 bridgehead atoms. The minimum absolute atomic E-state index is 0.599. The van der Waals surface area contributed by atoms with Crippen LogP contribution in [0.3, 0.4) is 0 Å². The van der Waals surface area contributed by atoms with Crippen molar-refractivity contribution in [2.24, 2.45) is 11.7 Å². The third kappa shape index (κ3) is 2.48. The number of carboxylic acids is 1. The van der Waals surface area contributed by atoms with Crippen molar-refractivity contribution < 1.29 is 9.90 Å². The number of nitrogens with two attached hydrogens (primary N) is 1. The van der Waals surface area contributed by atoms with Crippen molar-refractivity contribution in [2.45, 2.75) is 18.9 Å². The highest BCUT2D eigenvalue weighted by Crippen LogP contribution is 2.11. The standard InChI is InChI=1S/C7H14N2O2/c8-6(7(10)11)2-1-5-3-9-4-5/h5-6,9H,1-4,8H2,(H,10,11). The summed E-state index contributed by atoms with van der Waals surface area (Å²) in [6, 6.07) is -0.671. The second-order valence-electron chi connectivity index (χ2n) is 3.05. The van der Waals surface area contributed by atoms with Gasteiger partial charge in [-0.05, 0) is 31.8 Å². The summed E-state index contributed by atoms with van der Waals surface area (Å²) in [6.07, 6.45) is 1.53. The van der Waals surface area contributed by atoms with E-state index in [2.05, 4.69) is 5.32 Å². The van der Waals surface area contributed by atoms with Crippen molar-refractivity contribution in [3.8, 4) is 0 Å². The van der Waals surface area contributed by atoms with Crippen LogP contribution in [-0.2, 0) is 4.79 Å².